The van der Waals surface area contributed by atoms with Crippen LogP contribution in [0.15, 0.2) is 54.9 Å². The van der Waals surface area contributed by atoms with Gasteiger partial charge in [0.15, 0.2) is 0 Å². The zero-order valence-electron chi connectivity index (χ0n) is 25.5. The molecule has 2 saturated carbocycles. The maximum absolute atomic E-state index is 14.1. The average molecular weight is 558 g/mol. The Morgan fingerprint density at radius 2 is 1.80 bits per heavy atom. The quantitative estimate of drug-likeness (QED) is 0.308. The molecule has 2 aliphatic rings. The summed E-state index contributed by atoms with van der Waals surface area (Å²) in [6.07, 6.45) is 11.3. The van der Waals surface area contributed by atoms with E-state index in [1.54, 1.807) is 7.11 Å². The number of aryl methyl sites for hydroxylation is 1. The number of aromatic nitrogens is 2. The van der Waals surface area contributed by atoms with E-state index in [0.717, 1.165) is 67.6 Å². The lowest BCUT2D eigenvalue weighted by Gasteiger charge is -2.37. The van der Waals surface area contributed by atoms with Gasteiger partial charge in [-0.05, 0) is 126 Å². The summed E-state index contributed by atoms with van der Waals surface area (Å²) in [4.78, 5) is 16.2. The van der Waals surface area contributed by atoms with E-state index in [1.807, 2.05) is 17.8 Å². The van der Waals surface area contributed by atoms with E-state index in [-0.39, 0.29) is 11.8 Å². The third kappa shape index (κ3) is 6.86. The molecule has 1 aromatic heterocycles. The molecule has 0 bridgehead atoms. The maximum atomic E-state index is 14.1. The van der Waals surface area contributed by atoms with Gasteiger partial charge in [0.05, 0.1) is 18.9 Å². The van der Waals surface area contributed by atoms with Gasteiger partial charge in [-0.2, -0.15) is 5.10 Å². The van der Waals surface area contributed by atoms with Crippen molar-refractivity contribution >= 4 is 11.6 Å². The lowest BCUT2D eigenvalue weighted by atomic mass is 9.77. The molecule has 0 atom stereocenters. The zero-order valence-corrected chi connectivity index (χ0v) is 25.5. The summed E-state index contributed by atoms with van der Waals surface area (Å²) in [6.45, 7) is 9.01. The highest BCUT2D eigenvalue weighted by molar-refractivity contribution is 5.95. The van der Waals surface area contributed by atoms with Crippen molar-refractivity contribution in [2.75, 3.05) is 18.6 Å². The van der Waals surface area contributed by atoms with E-state index >= 15 is 0 Å². The first-order chi connectivity index (χ1) is 19.6. The van der Waals surface area contributed by atoms with E-state index in [0.29, 0.717) is 30.7 Å². The van der Waals surface area contributed by atoms with Crippen LogP contribution in [0.1, 0.15) is 95.2 Å². The predicted octanol–water partition coefficient (Wildman–Crippen LogP) is 7.70. The third-order valence-electron chi connectivity index (χ3n) is 9.48. The summed E-state index contributed by atoms with van der Waals surface area (Å²) in [5.74, 6) is 2.14. The number of ether oxygens (including phenoxy) is 1. The molecule has 5 rings (SSSR count). The van der Waals surface area contributed by atoms with Crippen LogP contribution in [0.4, 0.5) is 5.69 Å². The summed E-state index contributed by atoms with van der Waals surface area (Å²) in [6, 6.07) is 15.3. The van der Waals surface area contributed by atoms with E-state index in [9.17, 15) is 9.90 Å². The average Bonchev–Trinajstić information content (AvgIpc) is 3.47. The predicted molar refractivity (Wildman–Crippen MR) is 165 cm³/mol. The van der Waals surface area contributed by atoms with Crippen LogP contribution in [0.3, 0.4) is 0 Å². The molecule has 0 saturated heterocycles. The molecule has 1 amide bonds. The number of aliphatic hydroxyl groups is 1. The molecule has 0 radical (unpaired) electrons. The SMILES string of the molecule is COc1ccc([C@H]2CC[C@H](CN(c3cccc(-c4cnn(C(C)C)c4)c3)C(=O)[C@H]3CC[C@@](C)(O)CC3)CC2)cc1C. The number of hydrogen-bond acceptors (Lipinski definition) is 4. The van der Waals surface area contributed by atoms with Gasteiger partial charge in [-0.15, -0.1) is 0 Å². The minimum atomic E-state index is -0.656. The van der Waals surface area contributed by atoms with Crippen molar-refractivity contribution in [2.24, 2.45) is 11.8 Å². The van der Waals surface area contributed by atoms with Crippen LogP contribution in [0, 0.1) is 18.8 Å². The van der Waals surface area contributed by atoms with Crippen molar-refractivity contribution in [3.8, 4) is 16.9 Å². The van der Waals surface area contributed by atoms with Crippen LogP contribution in [-0.2, 0) is 4.79 Å². The fourth-order valence-corrected chi connectivity index (χ4v) is 6.74. The Kier molecular flexibility index (Phi) is 8.88. The highest BCUT2D eigenvalue weighted by Crippen LogP contribution is 2.39. The van der Waals surface area contributed by atoms with Gasteiger partial charge >= 0.3 is 0 Å². The normalized spacial score (nSPS) is 24.8. The van der Waals surface area contributed by atoms with E-state index < -0.39 is 5.60 Å². The van der Waals surface area contributed by atoms with Crippen molar-refractivity contribution < 1.29 is 14.6 Å². The van der Waals surface area contributed by atoms with E-state index in [4.69, 9.17) is 4.74 Å². The van der Waals surface area contributed by atoms with Gasteiger partial charge < -0.3 is 14.7 Å². The Morgan fingerprint density at radius 1 is 1.07 bits per heavy atom. The van der Waals surface area contributed by atoms with Gasteiger partial charge in [0.1, 0.15) is 5.75 Å². The highest BCUT2D eigenvalue weighted by Gasteiger charge is 2.36. The van der Waals surface area contributed by atoms with Gasteiger partial charge in [0.2, 0.25) is 5.91 Å². The monoisotopic (exact) mass is 557 g/mol. The molecular weight excluding hydrogens is 510 g/mol. The number of carbonyl (C=O) groups is 1. The number of hydrogen-bond donors (Lipinski definition) is 1. The van der Waals surface area contributed by atoms with Crippen molar-refractivity contribution in [1.29, 1.82) is 0 Å². The molecule has 0 spiro atoms. The largest absolute Gasteiger partial charge is 0.496 e. The Hall–Kier alpha value is -3.12. The van der Waals surface area contributed by atoms with Gasteiger partial charge in [0.25, 0.3) is 0 Å². The molecule has 1 heterocycles. The molecule has 220 valence electrons. The number of benzene rings is 2. The zero-order chi connectivity index (χ0) is 29.1. The molecule has 0 aliphatic heterocycles. The molecule has 41 heavy (non-hydrogen) atoms. The standard InChI is InChI=1S/C35H47N3O3/c1-24(2)38-23-31(21-36-38)29-7-6-8-32(20-29)37(34(39)28-15-17-35(4,40)18-16-28)22-26-9-11-27(12-10-26)30-13-14-33(41-5)25(3)19-30/h6-8,13-14,19-21,23-24,26-28,40H,9-12,15-18,22H2,1-5H3/t26-,27-,28-,35+. The second kappa shape index (κ2) is 12.4. The minimum absolute atomic E-state index is 0.0406. The van der Waals surface area contributed by atoms with Gasteiger partial charge in [-0.25, -0.2) is 0 Å². The molecule has 2 aliphatic carbocycles. The fourth-order valence-electron chi connectivity index (χ4n) is 6.74. The van der Waals surface area contributed by atoms with Crippen LogP contribution in [0.25, 0.3) is 11.1 Å². The first-order valence-electron chi connectivity index (χ1n) is 15.5. The minimum Gasteiger partial charge on any atom is -0.496 e. The summed E-state index contributed by atoms with van der Waals surface area (Å²) in [7, 11) is 1.73. The van der Waals surface area contributed by atoms with Crippen molar-refractivity contribution in [3.05, 3.63) is 66.0 Å². The molecular formula is C35H47N3O3. The van der Waals surface area contributed by atoms with E-state index in [1.165, 1.54) is 11.1 Å². The van der Waals surface area contributed by atoms with Crippen molar-refractivity contribution in [3.63, 3.8) is 0 Å². The Labute approximate surface area is 245 Å². The van der Waals surface area contributed by atoms with Crippen LogP contribution in [0.2, 0.25) is 0 Å². The molecule has 2 aromatic carbocycles. The lowest BCUT2D eigenvalue weighted by molar-refractivity contribution is -0.125. The van der Waals surface area contributed by atoms with Crippen LogP contribution < -0.4 is 9.64 Å². The fraction of sp³-hybridized carbons (Fsp3) is 0.543. The topological polar surface area (TPSA) is 67.6 Å². The summed E-state index contributed by atoms with van der Waals surface area (Å²) in [5, 5.41) is 15.1. The Bertz CT molecular complexity index is 1330. The summed E-state index contributed by atoms with van der Waals surface area (Å²) in [5.41, 5.74) is 5.05. The molecule has 6 nitrogen and oxygen atoms in total. The number of anilines is 1. The first-order valence-corrected chi connectivity index (χ1v) is 15.5. The third-order valence-corrected chi connectivity index (χ3v) is 9.48. The number of carbonyl (C=O) groups excluding carboxylic acids is 1. The van der Waals surface area contributed by atoms with Gasteiger partial charge in [-0.1, -0.05) is 24.3 Å². The van der Waals surface area contributed by atoms with Crippen LogP contribution in [0.5, 0.6) is 5.75 Å². The molecule has 2 fully saturated rings. The van der Waals surface area contributed by atoms with Crippen LogP contribution in [-0.4, -0.2) is 40.0 Å². The number of nitrogens with zero attached hydrogens (tertiary/aromatic N) is 3. The second-order valence-corrected chi connectivity index (χ2v) is 13.0. The Balaban J connectivity index is 1.34. The van der Waals surface area contributed by atoms with Gasteiger partial charge in [-0.3, -0.25) is 9.48 Å². The number of methoxy groups -OCH3 is 1. The molecule has 0 unspecified atom stereocenters. The second-order valence-electron chi connectivity index (χ2n) is 13.0. The smallest absolute Gasteiger partial charge is 0.230 e. The first kappa shape index (κ1) is 29.4. The molecule has 3 aromatic rings. The van der Waals surface area contributed by atoms with Crippen molar-refractivity contribution in [2.45, 2.75) is 96.6 Å². The molecule has 6 heteroatoms. The maximum Gasteiger partial charge on any atom is 0.230 e. The van der Waals surface area contributed by atoms with Crippen molar-refractivity contribution in [1.82, 2.24) is 9.78 Å². The van der Waals surface area contributed by atoms with Crippen LogP contribution >= 0.6 is 0 Å². The number of amides is 1. The molecule has 1 N–H and O–H groups in total. The summed E-state index contributed by atoms with van der Waals surface area (Å²) < 4.78 is 7.44. The highest BCUT2D eigenvalue weighted by atomic mass is 16.5. The Morgan fingerprint density at radius 3 is 2.44 bits per heavy atom. The lowest BCUT2D eigenvalue weighted by Crippen LogP contribution is -2.43. The number of rotatable bonds is 8. The van der Waals surface area contributed by atoms with E-state index in [2.05, 4.69) is 79.4 Å². The van der Waals surface area contributed by atoms with Gasteiger partial charge in [0, 0.05) is 36.0 Å². The summed E-state index contributed by atoms with van der Waals surface area (Å²) >= 11 is 0.